The van der Waals surface area contributed by atoms with Gasteiger partial charge in [0.05, 0.1) is 11.5 Å². The third-order valence-corrected chi connectivity index (χ3v) is 4.71. The van der Waals surface area contributed by atoms with Gasteiger partial charge < -0.3 is 0 Å². The molecule has 0 spiro atoms. The molecular formula is C13H18O3S. The van der Waals surface area contributed by atoms with Gasteiger partial charge in [0.15, 0.2) is 0 Å². The second kappa shape index (κ2) is 4.42. The van der Waals surface area contributed by atoms with Crippen LogP contribution in [0.25, 0.3) is 0 Å². The first-order valence-electron chi connectivity index (χ1n) is 5.87. The van der Waals surface area contributed by atoms with Crippen molar-refractivity contribution in [2.75, 3.05) is 6.61 Å². The fourth-order valence-corrected chi connectivity index (χ4v) is 2.96. The minimum absolute atomic E-state index is 0.0533. The molecule has 1 fully saturated rings. The van der Waals surface area contributed by atoms with Gasteiger partial charge in [-0.25, -0.2) is 0 Å². The molecule has 4 heteroatoms. The highest BCUT2D eigenvalue weighted by molar-refractivity contribution is 7.86. The Morgan fingerprint density at radius 2 is 1.82 bits per heavy atom. The Morgan fingerprint density at radius 1 is 1.24 bits per heavy atom. The van der Waals surface area contributed by atoms with Gasteiger partial charge in [0, 0.05) is 0 Å². The Hall–Kier alpha value is -0.870. The SMILES string of the molecule is Cc1ccc(S(=O)(=O)OCC2(C)CCC2)cc1. The maximum atomic E-state index is 11.9. The first kappa shape index (κ1) is 12.6. The monoisotopic (exact) mass is 254 g/mol. The minimum atomic E-state index is -3.59. The highest BCUT2D eigenvalue weighted by Crippen LogP contribution is 2.40. The largest absolute Gasteiger partial charge is 0.296 e. The number of hydrogen-bond acceptors (Lipinski definition) is 3. The van der Waals surface area contributed by atoms with E-state index >= 15 is 0 Å². The summed E-state index contributed by atoms with van der Waals surface area (Å²) < 4.78 is 29.0. The molecule has 1 aliphatic carbocycles. The van der Waals surface area contributed by atoms with Gasteiger partial charge in [0.2, 0.25) is 0 Å². The number of hydrogen-bond donors (Lipinski definition) is 0. The molecular weight excluding hydrogens is 236 g/mol. The molecule has 1 saturated carbocycles. The Bertz CT molecular complexity index is 484. The molecule has 94 valence electrons. The summed E-state index contributed by atoms with van der Waals surface area (Å²) in [5.74, 6) is 0. The van der Waals surface area contributed by atoms with E-state index in [2.05, 4.69) is 6.92 Å². The van der Waals surface area contributed by atoms with E-state index in [1.807, 2.05) is 6.92 Å². The fourth-order valence-electron chi connectivity index (χ4n) is 1.92. The zero-order valence-electron chi connectivity index (χ0n) is 10.3. The second-order valence-corrected chi connectivity index (χ2v) is 6.81. The topological polar surface area (TPSA) is 43.4 Å². The standard InChI is InChI=1S/C13H18O3S/c1-11-4-6-12(7-5-11)17(14,15)16-10-13(2)8-3-9-13/h4-7H,3,8-10H2,1-2H3. The summed E-state index contributed by atoms with van der Waals surface area (Å²) in [6, 6.07) is 6.74. The lowest BCUT2D eigenvalue weighted by Crippen LogP contribution is -2.32. The van der Waals surface area contributed by atoms with Gasteiger partial charge in [0.25, 0.3) is 10.1 Å². The Kier molecular flexibility index (Phi) is 3.27. The van der Waals surface area contributed by atoms with E-state index in [1.54, 1.807) is 24.3 Å². The van der Waals surface area contributed by atoms with Gasteiger partial charge in [-0.1, -0.05) is 31.0 Å². The number of benzene rings is 1. The van der Waals surface area contributed by atoms with E-state index in [-0.39, 0.29) is 10.3 Å². The van der Waals surface area contributed by atoms with Crippen molar-refractivity contribution in [3.05, 3.63) is 29.8 Å². The van der Waals surface area contributed by atoms with Gasteiger partial charge in [0.1, 0.15) is 0 Å². The van der Waals surface area contributed by atoms with Crippen molar-refractivity contribution in [3.8, 4) is 0 Å². The third-order valence-electron chi connectivity index (χ3n) is 3.43. The average Bonchev–Trinajstić information content (AvgIpc) is 2.24. The maximum absolute atomic E-state index is 11.9. The summed E-state index contributed by atoms with van der Waals surface area (Å²) in [4.78, 5) is 0.242. The molecule has 0 N–H and O–H groups in total. The van der Waals surface area contributed by atoms with Crippen molar-refractivity contribution >= 4 is 10.1 Å². The van der Waals surface area contributed by atoms with Crippen molar-refractivity contribution in [1.82, 2.24) is 0 Å². The van der Waals surface area contributed by atoms with Gasteiger partial charge in [-0.15, -0.1) is 0 Å². The van der Waals surface area contributed by atoms with E-state index in [1.165, 1.54) is 6.42 Å². The Balaban J connectivity index is 2.06. The summed E-state index contributed by atoms with van der Waals surface area (Å²) in [7, 11) is -3.59. The van der Waals surface area contributed by atoms with Crippen LogP contribution in [0.1, 0.15) is 31.7 Å². The van der Waals surface area contributed by atoms with E-state index in [0.29, 0.717) is 6.61 Å². The van der Waals surface area contributed by atoms with Crippen molar-refractivity contribution in [2.45, 2.75) is 38.0 Å². The molecule has 0 unspecified atom stereocenters. The Morgan fingerprint density at radius 3 is 2.29 bits per heavy atom. The van der Waals surface area contributed by atoms with Gasteiger partial charge in [-0.05, 0) is 37.3 Å². The van der Waals surface area contributed by atoms with E-state index in [9.17, 15) is 8.42 Å². The molecule has 0 bridgehead atoms. The lowest BCUT2D eigenvalue weighted by Gasteiger charge is -2.37. The molecule has 0 radical (unpaired) electrons. The highest BCUT2D eigenvalue weighted by Gasteiger charge is 2.34. The van der Waals surface area contributed by atoms with E-state index in [0.717, 1.165) is 18.4 Å². The predicted molar refractivity (Wildman–Crippen MR) is 66.3 cm³/mol. The van der Waals surface area contributed by atoms with Crippen LogP contribution in [-0.2, 0) is 14.3 Å². The van der Waals surface area contributed by atoms with Crippen molar-refractivity contribution in [1.29, 1.82) is 0 Å². The lowest BCUT2D eigenvalue weighted by atomic mass is 9.71. The number of aryl methyl sites for hydroxylation is 1. The summed E-state index contributed by atoms with van der Waals surface area (Å²) in [5, 5.41) is 0. The highest BCUT2D eigenvalue weighted by atomic mass is 32.2. The van der Waals surface area contributed by atoms with Crippen LogP contribution in [0.4, 0.5) is 0 Å². The van der Waals surface area contributed by atoms with Crippen molar-refractivity contribution in [2.24, 2.45) is 5.41 Å². The van der Waals surface area contributed by atoms with Crippen LogP contribution in [0.15, 0.2) is 29.2 Å². The van der Waals surface area contributed by atoms with E-state index in [4.69, 9.17) is 4.18 Å². The molecule has 0 atom stereocenters. The maximum Gasteiger partial charge on any atom is 0.296 e. The van der Waals surface area contributed by atoms with Crippen LogP contribution >= 0.6 is 0 Å². The molecule has 0 aliphatic heterocycles. The molecule has 0 aromatic heterocycles. The molecule has 0 heterocycles. The van der Waals surface area contributed by atoms with Crippen LogP contribution < -0.4 is 0 Å². The molecule has 1 aromatic carbocycles. The Labute approximate surface area is 103 Å². The smallest absolute Gasteiger partial charge is 0.266 e. The van der Waals surface area contributed by atoms with Crippen molar-refractivity contribution in [3.63, 3.8) is 0 Å². The van der Waals surface area contributed by atoms with Crippen LogP contribution in [0.2, 0.25) is 0 Å². The zero-order valence-corrected chi connectivity index (χ0v) is 11.1. The predicted octanol–water partition coefficient (Wildman–Crippen LogP) is 2.89. The van der Waals surface area contributed by atoms with E-state index < -0.39 is 10.1 Å². The molecule has 1 aromatic rings. The first-order chi connectivity index (χ1) is 7.91. The zero-order chi connectivity index (χ0) is 12.5. The molecule has 3 nitrogen and oxygen atoms in total. The lowest BCUT2D eigenvalue weighted by molar-refractivity contribution is 0.0812. The quantitative estimate of drug-likeness (QED) is 0.776. The molecule has 1 aliphatic rings. The summed E-state index contributed by atoms with van der Waals surface area (Å²) in [6.07, 6.45) is 3.28. The van der Waals surface area contributed by atoms with Crippen molar-refractivity contribution < 1.29 is 12.6 Å². The minimum Gasteiger partial charge on any atom is -0.266 e. The average molecular weight is 254 g/mol. The molecule has 0 saturated heterocycles. The van der Waals surface area contributed by atoms with Gasteiger partial charge >= 0.3 is 0 Å². The molecule has 0 amide bonds. The first-order valence-corrected chi connectivity index (χ1v) is 7.28. The second-order valence-electron chi connectivity index (χ2n) is 5.19. The van der Waals surface area contributed by atoms with Gasteiger partial charge in [-0.3, -0.25) is 4.18 Å². The van der Waals surface area contributed by atoms with Crippen LogP contribution in [0, 0.1) is 12.3 Å². The fraction of sp³-hybridized carbons (Fsp3) is 0.538. The molecule has 17 heavy (non-hydrogen) atoms. The third kappa shape index (κ3) is 2.87. The van der Waals surface area contributed by atoms with Crippen LogP contribution in [0.3, 0.4) is 0 Å². The summed E-state index contributed by atoms with van der Waals surface area (Å²) in [6.45, 7) is 4.29. The normalized spacial score (nSPS) is 18.7. The summed E-state index contributed by atoms with van der Waals surface area (Å²) in [5.41, 5.74) is 1.09. The van der Waals surface area contributed by atoms with Crippen LogP contribution in [-0.4, -0.2) is 15.0 Å². The number of rotatable bonds is 4. The van der Waals surface area contributed by atoms with Crippen LogP contribution in [0.5, 0.6) is 0 Å². The summed E-state index contributed by atoms with van der Waals surface area (Å²) >= 11 is 0. The molecule has 2 rings (SSSR count). The van der Waals surface area contributed by atoms with Gasteiger partial charge in [-0.2, -0.15) is 8.42 Å².